The number of pyridine rings is 1. The minimum Gasteiger partial charge on any atom is -0.481 e. The number of thioether (sulfide) groups is 1. The minimum atomic E-state index is -0.915. The molecule has 2 amide bonds. The van der Waals surface area contributed by atoms with E-state index in [1.54, 1.807) is 18.2 Å². The van der Waals surface area contributed by atoms with Gasteiger partial charge in [0.25, 0.3) is 5.91 Å². The summed E-state index contributed by atoms with van der Waals surface area (Å²) in [6.45, 7) is 0. The lowest BCUT2D eigenvalue weighted by Crippen LogP contribution is -2.47. The molecule has 3 N–H and O–H groups in total. The van der Waals surface area contributed by atoms with Crippen molar-refractivity contribution in [3.05, 3.63) is 58.5 Å². The number of carbonyl (C=O) groups excluding carboxylic acids is 2. The van der Waals surface area contributed by atoms with E-state index in [0.29, 0.717) is 46.3 Å². The predicted molar refractivity (Wildman–Crippen MR) is 119 cm³/mol. The molecule has 0 unspecified atom stereocenters. The molecule has 1 saturated carbocycles. The molecule has 1 aliphatic heterocycles. The molecule has 2 heterocycles. The number of amidine groups is 1. The lowest BCUT2D eigenvalue weighted by atomic mass is 9.67. The average Bonchev–Trinajstić information content (AvgIpc) is 3.62. The molecular weight excluding hydrogens is 431 g/mol. The van der Waals surface area contributed by atoms with Crippen LogP contribution in [0.3, 0.4) is 0 Å². The number of amides is 2. The van der Waals surface area contributed by atoms with Crippen LogP contribution in [0.15, 0.2) is 35.5 Å². The van der Waals surface area contributed by atoms with Crippen LogP contribution in [0.1, 0.15) is 39.9 Å². The van der Waals surface area contributed by atoms with E-state index in [4.69, 9.17) is 15.5 Å². The van der Waals surface area contributed by atoms with Gasteiger partial charge < -0.3 is 10.5 Å². The molecule has 1 fully saturated rings. The zero-order valence-corrected chi connectivity index (χ0v) is 18.4. The van der Waals surface area contributed by atoms with E-state index in [0.717, 1.165) is 18.4 Å². The second-order valence-corrected chi connectivity index (χ2v) is 9.51. The summed E-state index contributed by atoms with van der Waals surface area (Å²) in [4.78, 5) is 34.2. The van der Waals surface area contributed by atoms with Gasteiger partial charge in [-0.25, -0.2) is 9.37 Å². The molecule has 32 heavy (non-hydrogen) atoms. The largest absolute Gasteiger partial charge is 0.481 e. The van der Waals surface area contributed by atoms with Crippen molar-refractivity contribution in [3.63, 3.8) is 0 Å². The average molecular weight is 455 g/mol. The molecule has 2 aliphatic carbocycles. The number of benzene rings is 1. The molecule has 9 heteroatoms. The summed E-state index contributed by atoms with van der Waals surface area (Å²) in [6, 6.07) is 6.60. The molecule has 7 nitrogen and oxygen atoms in total. The van der Waals surface area contributed by atoms with Crippen molar-refractivity contribution in [2.24, 2.45) is 22.6 Å². The maximum Gasteiger partial charge on any atom is 0.259 e. The molecule has 0 spiro atoms. The smallest absolute Gasteiger partial charge is 0.259 e. The first-order valence-electron chi connectivity index (χ1n) is 10.6. The Morgan fingerprint density at radius 3 is 2.78 bits per heavy atom. The van der Waals surface area contributed by atoms with Crippen molar-refractivity contribution in [1.29, 1.82) is 0 Å². The number of nitrogens with one attached hydrogen (secondary N) is 1. The van der Waals surface area contributed by atoms with Crippen molar-refractivity contribution in [2.45, 2.75) is 31.2 Å². The second kappa shape index (κ2) is 7.88. The molecule has 1 aromatic heterocycles. The monoisotopic (exact) mass is 454 g/mol. The highest BCUT2D eigenvalue weighted by molar-refractivity contribution is 8.13. The van der Waals surface area contributed by atoms with Crippen LogP contribution < -0.4 is 15.8 Å². The summed E-state index contributed by atoms with van der Waals surface area (Å²) in [5, 5.41) is 2.91. The van der Waals surface area contributed by atoms with Gasteiger partial charge in [0, 0.05) is 41.3 Å². The SMILES string of the molecule is COc1ncc(C(=O)NC(=O)C2CC2)c2c1C[C@]1(c3ccccc3F)N=C(N)SC[C@@H]1C2. The van der Waals surface area contributed by atoms with Crippen molar-refractivity contribution in [3.8, 4) is 5.88 Å². The lowest BCUT2D eigenvalue weighted by Gasteiger charge is -2.45. The summed E-state index contributed by atoms with van der Waals surface area (Å²) in [7, 11) is 1.51. The van der Waals surface area contributed by atoms with Crippen LogP contribution in [0.2, 0.25) is 0 Å². The maximum absolute atomic E-state index is 15.0. The first-order valence-corrected chi connectivity index (χ1v) is 11.5. The number of methoxy groups -OCH3 is 1. The fraction of sp³-hybridized carbons (Fsp3) is 0.391. The van der Waals surface area contributed by atoms with Crippen molar-refractivity contribution >= 4 is 28.7 Å². The topological polar surface area (TPSA) is 107 Å². The summed E-state index contributed by atoms with van der Waals surface area (Å²) < 4.78 is 20.5. The normalized spacial score (nSPS) is 24.1. The zero-order chi connectivity index (χ0) is 22.5. The number of aromatic nitrogens is 1. The van der Waals surface area contributed by atoms with Gasteiger partial charge in [-0.2, -0.15) is 0 Å². The highest BCUT2D eigenvalue weighted by atomic mass is 32.2. The Bertz CT molecular complexity index is 1150. The Hall–Kier alpha value is -2.94. The Balaban J connectivity index is 1.62. The fourth-order valence-corrected chi connectivity index (χ4v) is 5.74. The minimum absolute atomic E-state index is 0.0817. The third kappa shape index (κ3) is 3.44. The lowest BCUT2D eigenvalue weighted by molar-refractivity contribution is -0.121. The van der Waals surface area contributed by atoms with Gasteiger partial charge in [0.05, 0.1) is 18.2 Å². The summed E-state index contributed by atoms with van der Waals surface area (Å²) in [6.07, 6.45) is 3.83. The van der Waals surface area contributed by atoms with Gasteiger partial charge in [-0.15, -0.1) is 0 Å². The standard InChI is InChI=1S/C23H23FN4O3S/c1-31-21-15-9-23(17-4-2-3-5-18(17)24)13(11-32-22(25)28-23)8-14(15)16(10-26-21)20(30)27-19(29)12-6-7-12/h2-5,10,12-13H,6-9,11H2,1H3,(H2,25,28)(H,27,29,30)/t13-,23-/m0/s1. The third-order valence-corrected chi connectivity index (χ3v) is 7.49. The van der Waals surface area contributed by atoms with Gasteiger partial charge in [-0.05, 0) is 30.9 Å². The molecule has 1 aromatic carbocycles. The number of ether oxygens (including phenoxy) is 1. The number of aliphatic imine (C=N–C) groups is 1. The van der Waals surface area contributed by atoms with Crippen LogP contribution in [0.4, 0.5) is 4.39 Å². The van der Waals surface area contributed by atoms with Crippen LogP contribution in [-0.4, -0.2) is 34.8 Å². The van der Waals surface area contributed by atoms with Crippen LogP contribution in [0.25, 0.3) is 0 Å². The van der Waals surface area contributed by atoms with Crippen LogP contribution in [0.5, 0.6) is 5.88 Å². The number of fused-ring (bicyclic) bond motifs is 2. The number of halogens is 1. The van der Waals surface area contributed by atoms with Crippen LogP contribution in [0, 0.1) is 17.7 Å². The highest BCUT2D eigenvalue weighted by Crippen LogP contribution is 2.50. The number of nitrogens with zero attached hydrogens (tertiary/aromatic N) is 2. The number of carbonyl (C=O) groups is 2. The maximum atomic E-state index is 15.0. The summed E-state index contributed by atoms with van der Waals surface area (Å²) in [5.74, 6) is -0.231. The number of nitrogens with two attached hydrogens (primary N) is 1. The molecule has 166 valence electrons. The van der Waals surface area contributed by atoms with E-state index in [1.807, 2.05) is 0 Å². The van der Waals surface area contributed by atoms with Crippen molar-refractivity contribution in [2.75, 3.05) is 12.9 Å². The number of hydrogen-bond acceptors (Lipinski definition) is 7. The Morgan fingerprint density at radius 2 is 2.06 bits per heavy atom. The molecule has 0 bridgehead atoms. The zero-order valence-electron chi connectivity index (χ0n) is 17.6. The molecule has 2 atom stereocenters. The van der Waals surface area contributed by atoms with Crippen LogP contribution >= 0.6 is 11.8 Å². The summed E-state index contributed by atoms with van der Waals surface area (Å²) in [5.41, 5.74) is 7.49. The number of rotatable bonds is 4. The van der Waals surface area contributed by atoms with E-state index in [1.165, 1.54) is 31.1 Å². The van der Waals surface area contributed by atoms with E-state index >= 15 is 0 Å². The summed E-state index contributed by atoms with van der Waals surface area (Å²) >= 11 is 1.43. The second-order valence-electron chi connectivity index (χ2n) is 8.47. The van der Waals surface area contributed by atoms with Crippen molar-refractivity contribution in [1.82, 2.24) is 10.3 Å². The Kier molecular flexibility index (Phi) is 5.16. The first kappa shape index (κ1) is 20.9. The van der Waals surface area contributed by atoms with Gasteiger partial charge in [0.15, 0.2) is 5.17 Å². The predicted octanol–water partition coefficient (Wildman–Crippen LogP) is 2.57. The number of hydrogen-bond donors (Lipinski definition) is 2. The van der Waals surface area contributed by atoms with Gasteiger partial charge in [-0.3, -0.25) is 19.9 Å². The molecule has 0 radical (unpaired) electrons. The van der Waals surface area contributed by atoms with Gasteiger partial charge in [-0.1, -0.05) is 30.0 Å². The van der Waals surface area contributed by atoms with E-state index < -0.39 is 11.4 Å². The first-order chi connectivity index (χ1) is 15.4. The van der Waals surface area contributed by atoms with Crippen molar-refractivity contribution < 1.29 is 18.7 Å². The molecule has 3 aliphatic rings. The Morgan fingerprint density at radius 1 is 1.28 bits per heavy atom. The fourth-order valence-electron chi connectivity index (χ4n) is 4.74. The van der Waals surface area contributed by atoms with Gasteiger partial charge >= 0.3 is 0 Å². The third-order valence-electron chi connectivity index (χ3n) is 6.54. The van der Waals surface area contributed by atoms with Gasteiger partial charge in [0.1, 0.15) is 5.82 Å². The quantitative estimate of drug-likeness (QED) is 0.688. The van der Waals surface area contributed by atoms with E-state index in [-0.39, 0.29) is 23.6 Å². The number of imide groups is 1. The Labute approximate surface area is 189 Å². The van der Waals surface area contributed by atoms with Crippen LogP contribution in [-0.2, 0) is 23.2 Å². The molecule has 0 saturated heterocycles. The highest BCUT2D eigenvalue weighted by Gasteiger charge is 2.49. The molecule has 5 rings (SSSR count). The van der Waals surface area contributed by atoms with E-state index in [2.05, 4.69) is 10.3 Å². The molecule has 2 aromatic rings. The van der Waals surface area contributed by atoms with E-state index in [9.17, 15) is 14.0 Å². The molecular formula is C23H23FN4O3S. The van der Waals surface area contributed by atoms with Gasteiger partial charge in [0.2, 0.25) is 11.8 Å².